The van der Waals surface area contributed by atoms with Crippen LogP contribution < -0.4 is 10.5 Å². The van der Waals surface area contributed by atoms with Crippen LogP contribution >= 0.6 is 11.3 Å². The topological polar surface area (TPSA) is 66.0 Å². The van der Waals surface area contributed by atoms with Crippen LogP contribution in [0.25, 0.3) is 21.7 Å². The summed E-state index contributed by atoms with van der Waals surface area (Å²) in [5.74, 6) is 1.42. The standard InChI is InChI=1S/C15H16N4OS/c1-9-17-8-12(21-9)14-13(15(16)19(2)18-14)10-5-4-6-11(7-10)20-3/h4-8H,16H2,1-3H3. The first kappa shape index (κ1) is 13.6. The number of hydrogen-bond acceptors (Lipinski definition) is 5. The van der Waals surface area contributed by atoms with Gasteiger partial charge >= 0.3 is 0 Å². The van der Waals surface area contributed by atoms with E-state index in [-0.39, 0.29) is 0 Å². The van der Waals surface area contributed by atoms with Gasteiger partial charge in [0, 0.05) is 13.2 Å². The van der Waals surface area contributed by atoms with Crippen molar-refractivity contribution in [3.63, 3.8) is 0 Å². The van der Waals surface area contributed by atoms with Gasteiger partial charge in [-0.05, 0) is 24.6 Å². The van der Waals surface area contributed by atoms with Crippen molar-refractivity contribution in [3.8, 4) is 27.4 Å². The molecule has 3 rings (SSSR count). The van der Waals surface area contributed by atoms with Crippen molar-refractivity contribution in [2.45, 2.75) is 6.92 Å². The van der Waals surface area contributed by atoms with Crippen molar-refractivity contribution >= 4 is 17.2 Å². The highest BCUT2D eigenvalue weighted by Gasteiger charge is 2.19. The van der Waals surface area contributed by atoms with Crippen LogP contribution in [0.2, 0.25) is 0 Å². The molecule has 2 heterocycles. The Hall–Kier alpha value is -2.34. The summed E-state index contributed by atoms with van der Waals surface area (Å²) in [6.45, 7) is 1.98. The lowest BCUT2D eigenvalue weighted by molar-refractivity contribution is 0.415. The summed E-state index contributed by atoms with van der Waals surface area (Å²) in [5, 5.41) is 5.55. The molecule has 5 nitrogen and oxygen atoms in total. The van der Waals surface area contributed by atoms with Gasteiger partial charge in [-0.2, -0.15) is 5.10 Å². The number of nitrogens with two attached hydrogens (primary N) is 1. The molecule has 2 N–H and O–H groups in total. The molecule has 0 unspecified atom stereocenters. The van der Waals surface area contributed by atoms with E-state index in [9.17, 15) is 0 Å². The Labute approximate surface area is 127 Å². The van der Waals surface area contributed by atoms with E-state index in [2.05, 4.69) is 10.1 Å². The van der Waals surface area contributed by atoms with Gasteiger partial charge in [-0.1, -0.05) is 12.1 Å². The van der Waals surface area contributed by atoms with Crippen LogP contribution in [0.3, 0.4) is 0 Å². The number of aromatic nitrogens is 3. The van der Waals surface area contributed by atoms with E-state index >= 15 is 0 Å². The van der Waals surface area contributed by atoms with E-state index in [0.717, 1.165) is 32.5 Å². The number of nitrogens with zero attached hydrogens (tertiary/aromatic N) is 3. The molecule has 6 heteroatoms. The molecule has 0 saturated heterocycles. The van der Waals surface area contributed by atoms with Crippen LogP contribution in [-0.4, -0.2) is 21.9 Å². The number of hydrogen-bond donors (Lipinski definition) is 1. The summed E-state index contributed by atoms with van der Waals surface area (Å²) in [4.78, 5) is 5.32. The molecule has 0 fully saturated rings. The largest absolute Gasteiger partial charge is 0.497 e. The maximum absolute atomic E-state index is 6.21. The number of ether oxygens (including phenoxy) is 1. The summed E-state index contributed by atoms with van der Waals surface area (Å²) in [5.41, 5.74) is 8.97. The second kappa shape index (κ2) is 5.21. The Bertz CT molecular complexity index is 791. The van der Waals surface area contributed by atoms with E-state index in [4.69, 9.17) is 10.5 Å². The molecule has 0 radical (unpaired) electrons. The lowest BCUT2D eigenvalue weighted by Crippen LogP contribution is -1.98. The molecular formula is C15H16N4OS. The zero-order valence-electron chi connectivity index (χ0n) is 12.1. The molecule has 0 saturated carbocycles. The van der Waals surface area contributed by atoms with Crippen molar-refractivity contribution < 1.29 is 4.74 Å². The van der Waals surface area contributed by atoms with Crippen molar-refractivity contribution in [3.05, 3.63) is 35.5 Å². The highest BCUT2D eigenvalue weighted by molar-refractivity contribution is 7.15. The number of nitrogen functional groups attached to an aromatic ring is 1. The van der Waals surface area contributed by atoms with E-state index in [1.807, 2.05) is 44.4 Å². The summed E-state index contributed by atoms with van der Waals surface area (Å²) >= 11 is 1.61. The maximum Gasteiger partial charge on any atom is 0.129 e. The van der Waals surface area contributed by atoms with Crippen molar-refractivity contribution in [2.24, 2.45) is 7.05 Å². The molecule has 0 aliphatic heterocycles. The third kappa shape index (κ3) is 2.38. The van der Waals surface area contributed by atoms with E-state index in [1.165, 1.54) is 0 Å². The minimum Gasteiger partial charge on any atom is -0.497 e. The molecule has 3 aromatic rings. The summed E-state index contributed by atoms with van der Waals surface area (Å²) in [6.07, 6.45) is 1.84. The molecule has 2 aromatic heterocycles. The molecule has 0 aliphatic carbocycles. The molecule has 0 aliphatic rings. The van der Waals surface area contributed by atoms with Gasteiger partial charge in [0.2, 0.25) is 0 Å². The minimum atomic E-state index is 0.629. The second-order valence-corrected chi connectivity index (χ2v) is 5.94. The number of anilines is 1. The van der Waals surface area contributed by atoms with Crippen LogP contribution in [0.4, 0.5) is 5.82 Å². The van der Waals surface area contributed by atoms with Crippen molar-refractivity contribution in [1.82, 2.24) is 14.8 Å². The Morgan fingerprint density at radius 1 is 1.33 bits per heavy atom. The fraction of sp³-hybridized carbons (Fsp3) is 0.200. The Kier molecular flexibility index (Phi) is 3.39. The summed E-state index contributed by atoms with van der Waals surface area (Å²) in [6, 6.07) is 7.83. The number of thiazole rings is 1. The van der Waals surface area contributed by atoms with Gasteiger partial charge in [0.25, 0.3) is 0 Å². The Balaban J connectivity index is 2.21. The number of benzene rings is 1. The first-order valence-corrected chi connectivity index (χ1v) is 7.31. The molecule has 1 aromatic carbocycles. The van der Waals surface area contributed by atoms with E-state index < -0.39 is 0 Å². The van der Waals surface area contributed by atoms with Gasteiger partial charge in [-0.15, -0.1) is 11.3 Å². The van der Waals surface area contributed by atoms with Gasteiger partial charge < -0.3 is 10.5 Å². The van der Waals surface area contributed by atoms with Gasteiger partial charge in [-0.25, -0.2) is 4.98 Å². The van der Waals surface area contributed by atoms with E-state index in [0.29, 0.717) is 5.82 Å². The SMILES string of the molecule is COc1cccc(-c2c(-c3cnc(C)s3)nn(C)c2N)c1. The Morgan fingerprint density at radius 2 is 2.14 bits per heavy atom. The smallest absolute Gasteiger partial charge is 0.129 e. The first-order valence-electron chi connectivity index (χ1n) is 6.50. The third-order valence-electron chi connectivity index (χ3n) is 3.30. The van der Waals surface area contributed by atoms with Gasteiger partial charge in [0.05, 0.1) is 22.6 Å². The van der Waals surface area contributed by atoms with Gasteiger partial charge in [0.1, 0.15) is 17.3 Å². The average Bonchev–Trinajstić information content (AvgIpc) is 3.04. The molecular weight excluding hydrogens is 284 g/mol. The highest BCUT2D eigenvalue weighted by atomic mass is 32.1. The summed E-state index contributed by atoms with van der Waals surface area (Å²) in [7, 11) is 3.50. The quantitative estimate of drug-likeness (QED) is 0.807. The summed E-state index contributed by atoms with van der Waals surface area (Å²) < 4.78 is 6.99. The molecule has 21 heavy (non-hydrogen) atoms. The third-order valence-corrected chi connectivity index (χ3v) is 4.22. The van der Waals surface area contributed by atoms with Crippen molar-refractivity contribution in [2.75, 3.05) is 12.8 Å². The van der Waals surface area contributed by atoms with Gasteiger partial charge in [-0.3, -0.25) is 4.68 Å². The number of aryl methyl sites for hydroxylation is 2. The minimum absolute atomic E-state index is 0.629. The van der Waals surface area contributed by atoms with Crippen LogP contribution in [-0.2, 0) is 7.05 Å². The number of methoxy groups -OCH3 is 1. The average molecular weight is 300 g/mol. The zero-order chi connectivity index (χ0) is 15.0. The molecule has 0 atom stereocenters. The predicted molar refractivity (Wildman–Crippen MR) is 85.5 cm³/mol. The van der Waals surface area contributed by atoms with Crippen molar-refractivity contribution in [1.29, 1.82) is 0 Å². The van der Waals surface area contributed by atoms with Crippen LogP contribution in [0, 0.1) is 6.92 Å². The lowest BCUT2D eigenvalue weighted by atomic mass is 10.0. The molecule has 0 spiro atoms. The Morgan fingerprint density at radius 3 is 2.81 bits per heavy atom. The molecule has 0 amide bonds. The number of rotatable bonds is 3. The van der Waals surface area contributed by atoms with Crippen LogP contribution in [0.1, 0.15) is 5.01 Å². The predicted octanol–water partition coefficient (Wildman–Crippen LogP) is 3.11. The fourth-order valence-corrected chi connectivity index (χ4v) is 3.01. The second-order valence-electron chi connectivity index (χ2n) is 4.71. The first-order chi connectivity index (χ1) is 10.1. The van der Waals surface area contributed by atoms with Gasteiger partial charge in [0.15, 0.2) is 0 Å². The molecule has 0 bridgehead atoms. The maximum atomic E-state index is 6.21. The zero-order valence-corrected chi connectivity index (χ0v) is 12.9. The highest BCUT2D eigenvalue weighted by Crippen LogP contribution is 2.38. The van der Waals surface area contributed by atoms with E-state index in [1.54, 1.807) is 23.1 Å². The monoisotopic (exact) mass is 300 g/mol. The lowest BCUT2D eigenvalue weighted by Gasteiger charge is -2.05. The fourth-order valence-electron chi connectivity index (χ4n) is 2.24. The molecule has 108 valence electrons. The van der Waals surface area contributed by atoms with Crippen LogP contribution in [0.15, 0.2) is 30.5 Å². The normalized spacial score (nSPS) is 10.8. The van der Waals surface area contributed by atoms with Crippen LogP contribution in [0.5, 0.6) is 5.75 Å².